The number of fused-ring (bicyclic) bond motifs is 1. The van der Waals surface area contributed by atoms with E-state index in [2.05, 4.69) is 5.32 Å². The molecule has 0 spiro atoms. The lowest BCUT2D eigenvalue weighted by Crippen LogP contribution is -2.34. The number of para-hydroxylation sites is 1. The van der Waals surface area contributed by atoms with Gasteiger partial charge in [0.15, 0.2) is 11.5 Å². The summed E-state index contributed by atoms with van der Waals surface area (Å²) in [6.45, 7) is 0.400. The van der Waals surface area contributed by atoms with Crippen LogP contribution in [0.25, 0.3) is 0 Å². The van der Waals surface area contributed by atoms with Crippen LogP contribution in [0.1, 0.15) is 15.9 Å². The van der Waals surface area contributed by atoms with E-state index in [1.807, 2.05) is 48.5 Å². The fraction of sp³-hybridized carbons (Fsp3) is 0.208. The SMILES string of the molecule is COc1ccc(C(=O)NC[C@@H]2Cc3cc(Oc4ccccc4)ccc3O2)cc1OC. The molecule has 1 N–H and O–H groups in total. The largest absolute Gasteiger partial charge is 0.493 e. The highest BCUT2D eigenvalue weighted by Gasteiger charge is 2.24. The molecule has 0 saturated heterocycles. The second-order valence-corrected chi connectivity index (χ2v) is 6.91. The van der Waals surface area contributed by atoms with Gasteiger partial charge in [-0.3, -0.25) is 4.79 Å². The Hall–Kier alpha value is -3.67. The molecule has 154 valence electrons. The number of carbonyl (C=O) groups excluding carboxylic acids is 1. The van der Waals surface area contributed by atoms with E-state index in [9.17, 15) is 4.79 Å². The highest BCUT2D eigenvalue weighted by atomic mass is 16.5. The number of ether oxygens (including phenoxy) is 4. The Morgan fingerprint density at radius 3 is 2.53 bits per heavy atom. The topological polar surface area (TPSA) is 66.0 Å². The van der Waals surface area contributed by atoms with Gasteiger partial charge in [-0.05, 0) is 48.5 Å². The Balaban J connectivity index is 1.35. The minimum Gasteiger partial charge on any atom is -0.493 e. The molecule has 1 amide bonds. The first-order valence-electron chi connectivity index (χ1n) is 9.69. The maximum absolute atomic E-state index is 12.5. The summed E-state index contributed by atoms with van der Waals surface area (Å²) < 4.78 is 22.3. The van der Waals surface area contributed by atoms with Gasteiger partial charge in [0.1, 0.15) is 23.4 Å². The molecule has 6 heteroatoms. The molecule has 0 radical (unpaired) electrons. The van der Waals surface area contributed by atoms with Crippen molar-refractivity contribution in [2.75, 3.05) is 20.8 Å². The van der Waals surface area contributed by atoms with Gasteiger partial charge in [0.05, 0.1) is 20.8 Å². The molecule has 1 atom stereocenters. The van der Waals surface area contributed by atoms with E-state index >= 15 is 0 Å². The molecular weight excluding hydrogens is 382 g/mol. The molecular formula is C24H23NO5. The van der Waals surface area contributed by atoms with Crippen LogP contribution in [0.2, 0.25) is 0 Å². The number of rotatable bonds is 7. The summed E-state index contributed by atoms with van der Waals surface area (Å²) in [4.78, 5) is 12.5. The summed E-state index contributed by atoms with van der Waals surface area (Å²) >= 11 is 0. The Morgan fingerprint density at radius 1 is 0.967 bits per heavy atom. The van der Waals surface area contributed by atoms with Gasteiger partial charge in [0.2, 0.25) is 0 Å². The van der Waals surface area contributed by atoms with Crippen molar-refractivity contribution in [2.24, 2.45) is 0 Å². The van der Waals surface area contributed by atoms with Crippen molar-refractivity contribution in [3.8, 4) is 28.7 Å². The summed E-state index contributed by atoms with van der Waals surface area (Å²) in [5.74, 6) is 3.27. The molecule has 0 saturated carbocycles. The standard InChI is InChI=1S/C24H23NO5/c1-27-22-10-8-16(14-23(22)28-2)24(26)25-15-20-13-17-12-19(9-11-21(17)30-20)29-18-6-4-3-5-7-18/h3-12,14,20H,13,15H2,1-2H3,(H,25,26)/t20-/m0/s1. The first kappa shape index (κ1) is 19.6. The third-order valence-electron chi connectivity index (χ3n) is 4.89. The average Bonchev–Trinajstić information content (AvgIpc) is 3.20. The van der Waals surface area contributed by atoms with Gasteiger partial charge in [-0.1, -0.05) is 18.2 Å². The molecule has 4 rings (SSSR count). The fourth-order valence-corrected chi connectivity index (χ4v) is 3.38. The van der Waals surface area contributed by atoms with Crippen LogP contribution in [0.5, 0.6) is 28.7 Å². The van der Waals surface area contributed by atoms with Gasteiger partial charge in [0, 0.05) is 17.5 Å². The van der Waals surface area contributed by atoms with Crippen molar-refractivity contribution in [2.45, 2.75) is 12.5 Å². The summed E-state index contributed by atoms with van der Waals surface area (Å²) in [5, 5.41) is 2.93. The lowest BCUT2D eigenvalue weighted by molar-refractivity contribution is 0.0933. The number of benzene rings is 3. The molecule has 0 fully saturated rings. The van der Waals surface area contributed by atoms with E-state index in [1.165, 1.54) is 0 Å². The van der Waals surface area contributed by atoms with Gasteiger partial charge < -0.3 is 24.3 Å². The second kappa shape index (κ2) is 8.78. The third-order valence-corrected chi connectivity index (χ3v) is 4.89. The van der Waals surface area contributed by atoms with Crippen LogP contribution in [0.3, 0.4) is 0 Å². The predicted molar refractivity (Wildman–Crippen MR) is 113 cm³/mol. The molecule has 30 heavy (non-hydrogen) atoms. The number of carbonyl (C=O) groups is 1. The van der Waals surface area contributed by atoms with Crippen molar-refractivity contribution in [1.82, 2.24) is 5.32 Å². The summed E-state index contributed by atoms with van der Waals surface area (Å²) in [6.07, 6.45) is 0.573. The minimum absolute atomic E-state index is 0.129. The smallest absolute Gasteiger partial charge is 0.251 e. The zero-order valence-electron chi connectivity index (χ0n) is 16.9. The lowest BCUT2D eigenvalue weighted by Gasteiger charge is -2.13. The zero-order valence-corrected chi connectivity index (χ0v) is 16.9. The maximum Gasteiger partial charge on any atom is 0.251 e. The molecule has 1 heterocycles. The van der Waals surface area contributed by atoms with Crippen molar-refractivity contribution in [1.29, 1.82) is 0 Å². The van der Waals surface area contributed by atoms with Crippen LogP contribution in [-0.4, -0.2) is 32.8 Å². The van der Waals surface area contributed by atoms with E-state index in [0.717, 1.165) is 22.8 Å². The van der Waals surface area contributed by atoms with Gasteiger partial charge in [-0.15, -0.1) is 0 Å². The van der Waals surface area contributed by atoms with Crippen molar-refractivity contribution >= 4 is 5.91 Å². The summed E-state index contributed by atoms with van der Waals surface area (Å²) in [5.41, 5.74) is 1.57. The lowest BCUT2D eigenvalue weighted by atomic mass is 10.1. The van der Waals surface area contributed by atoms with Crippen LogP contribution >= 0.6 is 0 Å². The molecule has 1 aliphatic heterocycles. The van der Waals surface area contributed by atoms with Crippen LogP contribution in [-0.2, 0) is 6.42 Å². The number of nitrogens with one attached hydrogen (secondary N) is 1. The number of hydrogen-bond acceptors (Lipinski definition) is 5. The molecule has 3 aromatic carbocycles. The Morgan fingerprint density at radius 2 is 1.77 bits per heavy atom. The molecule has 0 bridgehead atoms. The quantitative estimate of drug-likeness (QED) is 0.637. The molecule has 3 aromatic rings. The molecule has 0 aliphatic carbocycles. The second-order valence-electron chi connectivity index (χ2n) is 6.91. The molecule has 0 aromatic heterocycles. The van der Waals surface area contributed by atoms with E-state index in [1.54, 1.807) is 32.4 Å². The monoisotopic (exact) mass is 405 g/mol. The predicted octanol–water partition coefficient (Wildman–Crippen LogP) is 4.23. The van der Waals surface area contributed by atoms with Crippen LogP contribution in [0.15, 0.2) is 66.7 Å². The van der Waals surface area contributed by atoms with Crippen molar-refractivity contribution in [3.63, 3.8) is 0 Å². The molecule has 1 aliphatic rings. The maximum atomic E-state index is 12.5. The van der Waals surface area contributed by atoms with Crippen LogP contribution in [0.4, 0.5) is 0 Å². The number of methoxy groups -OCH3 is 2. The van der Waals surface area contributed by atoms with E-state index in [4.69, 9.17) is 18.9 Å². The minimum atomic E-state index is -0.191. The average molecular weight is 405 g/mol. The van der Waals surface area contributed by atoms with Crippen molar-refractivity contribution < 1.29 is 23.7 Å². The third kappa shape index (κ3) is 4.33. The number of amides is 1. The Kier molecular flexibility index (Phi) is 5.75. The Labute approximate surface area is 175 Å². The zero-order chi connectivity index (χ0) is 20.9. The summed E-state index contributed by atoms with van der Waals surface area (Å²) in [7, 11) is 3.10. The Bertz CT molecular complexity index is 1040. The van der Waals surface area contributed by atoms with Crippen LogP contribution < -0.4 is 24.3 Å². The van der Waals surface area contributed by atoms with Gasteiger partial charge in [-0.2, -0.15) is 0 Å². The first-order chi connectivity index (χ1) is 14.7. The van der Waals surface area contributed by atoms with Crippen LogP contribution in [0, 0.1) is 0 Å². The summed E-state index contributed by atoms with van der Waals surface area (Å²) in [6, 6.07) is 20.5. The normalized spacial score (nSPS) is 14.4. The van der Waals surface area contributed by atoms with Crippen molar-refractivity contribution in [3.05, 3.63) is 77.9 Å². The fourth-order valence-electron chi connectivity index (χ4n) is 3.38. The highest BCUT2D eigenvalue weighted by Crippen LogP contribution is 2.33. The van der Waals surface area contributed by atoms with Gasteiger partial charge >= 0.3 is 0 Å². The van der Waals surface area contributed by atoms with E-state index in [0.29, 0.717) is 30.0 Å². The number of hydrogen-bond donors (Lipinski definition) is 1. The molecule has 6 nitrogen and oxygen atoms in total. The molecule has 0 unspecified atom stereocenters. The van der Waals surface area contributed by atoms with E-state index in [-0.39, 0.29) is 12.0 Å². The van der Waals surface area contributed by atoms with Gasteiger partial charge in [0.25, 0.3) is 5.91 Å². The van der Waals surface area contributed by atoms with Gasteiger partial charge in [-0.25, -0.2) is 0 Å². The first-order valence-corrected chi connectivity index (χ1v) is 9.69. The van der Waals surface area contributed by atoms with E-state index < -0.39 is 0 Å². The highest BCUT2D eigenvalue weighted by molar-refractivity contribution is 5.94.